The van der Waals surface area contributed by atoms with E-state index in [1.54, 1.807) is 36.8 Å². The molecule has 7 nitrogen and oxygen atoms in total. The van der Waals surface area contributed by atoms with E-state index in [2.05, 4.69) is 25.6 Å². The van der Waals surface area contributed by atoms with Crippen LogP contribution in [0.1, 0.15) is 27.3 Å². The van der Waals surface area contributed by atoms with Crippen molar-refractivity contribution in [3.63, 3.8) is 0 Å². The summed E-state index contributed by atoms with van der Waals surface area (Å²) in [5.74, 6) is -0.428. The number of benzene rings is 2. The number of aromatic nitrogens is 3. The SMILES string of the molecule is Cc1ccc(C)c(Nc2c(Cl)c(C(=O)Nc3ccncc3)nc3ccc(-c4ccc(C#N)nc4)cc23)c1. The molecule has 0 bridgehead atoms. The molecular weight excluding hydrogens is 484 g/mol. The van der Waals surface area contributed by atoms with Gasteiger partial charge in [-0.2, -0.15) is 5.26 Å². The van der Waals surface area contributed by atoms with Crippen molar-refractivity contribution >= 4 is 45.5 Å². The van der Waals surface area contributed by atoms with Crippen molar-refractivity contribution in [2.24, 2.45) is 0 Å². The molecule has 2 N–H and O–H groups in total. The number of fused-ring (bicyclic) bond motifs is 1. The summed E-state index contributed by atoms with van der Waals surface area (Å²) in [5, 5.41) is 16.3. The smallest absolute Gasteiger partial charge is 0.275 e. The summed E-state index contributed by atoms with van der Waals surface area (Å²) in [6.45, 7) is 4.02. The van der Waals surface area contributed by atoms with E-state index in [0.29, 0.717) is 22.6 Å². The zero-order valence-corrected chi connectivity index (χ0v) is 20.8. The Morgan fingerprint density at radius 1 is 0.973 bits per heavy atom. The van der Waals surface area contributed by atoms with Crippen LogP contribution in [-0.2, 0) is 0 Å². The van der Waals surface area contributed by atoms with E-state index in [4.69, 9.17) is 16.9 Å². The molecule has 37 heavy (non-hydrogen) atoms. The molecule has 1 amide bonds. The van der Waals surface area contributed by atoms with Crippen LogP contribution >= 0.6 is 11.6 Å². The molecule has 0 fully saturated rings. The third-order valence-corrected chi connectivity index (χ3v) is 6.31. The minimum absolute atomic E-state index is 0.103. The van der Waals surface area contributed by atoms with E-state index in [9.17, 15) is 4.79 Å². The molecular formula is C29H21ClN6O. The predicted octanol–water partition coefficient (Wildman–Crippen LogP) is 6.83. The highest BCUT2D eigenvalue weighted by Gasteiger charge is 2.21. The Kier molecular flexibility index (Phi) is 6.50. The van der Waals surface area contributed by atoms with Crippen LogP contribution in [0.4, 0.5) is 17.1 Å². The van der Waals surface area contributed by atoms with Crippen molar-refractivity contribution in [1.29, 1.82) is 5.26 Å². The molecule has 0 aliphatic rings. The monoisotopic (exact) mass is 504 g/mol. The third-order valence-electron chi connectivity index (χ3n) is 5.94. The average Bonchev–Trinajstić information content (AvgIpc) is 2.92. The van der Waals surface area contributed by atoms with Crippen molar-refractivity contribution in [2.75, 3.05) is 10.6 Å². The van der Waals surface area contributed by atoms with Crippen molar-refractivity contribution in [1.82, 2.24) is 15.0 Å². The van der Waals surface area contributed by atoms with Crippen LogP contribution in [0.3, 0.4) is 0 Å². The fourth-order valence-corrected chi connectivity index (χ4v) is 4.23. The second-order valence-electron chi connectivity index (χ2n) is 8.56. The standard InChI is InChI=1S/C29H21ClN6O/c1-17-3-4-18(2)25(13-17)36-27-23-14-19(20-5-7-22(15-31)33-16-20)6-8-24(23)35-28(26(27)30)29(37)34-21-9-11-32-12-10-21/h3-14,16H,1-2H3,(H,35,36)(H,32,34,37). The number of nitrogens with one attached hydrogen (secondary N) is 2. The highest BCUT2D eigenvalue weighted by molar-refractivity contribution is 6.38. The van der Waals surface area contributed by atoms with E-state index >= 15 is 0 Å². The molecule has 0 unspecified atom stereocenters. The number of hydrogen-bond acceptors (Lipinski definition) is 6. The molecule has 8 heteroatoms. The molecule has 0 aliphatic carbocycles. The van der Waals surface area contributed by atoms with Crippen LogP contribution in [0.2, 0.25) is 5.02 Å². The molecule has 2 aromatic carbocycles. The van der Waals surface area contributed by atoms with E-state index in [1.807, 2.05) is 62.4 Å². The van der Waals surface area contributed by atoms with Gasteiger partial charge in [-0.15, -0.1) is 0 Å². The summed E-state index contributed by atoms with van der Waals surface area (Å²) in [4.78, 5) is 26.0. The molecule has 3 heterocycles. The molecule has 5 aromatic rings. The van der Waals surface area contributed by atoms with E-state index < -0.39 is 5.91 Å². The number of carbonyl (C=O) groups is 1. The van der Waals surface area contributed by atoms with Gasteiger partial charge in [0.05, 0.1) is 16.2 Å². The normalized spacial score (nSPS) is 10.6. The Morgan fingerprint density at radius 3 is 2.49 bits per heavy atom. The van der Waals surface area contributed by atoms with E-state index in [-0.39, 0.29) is 10.7 Å². The van der Waals surface area contributed by atoms with Crippen molar-refractivity contribution in [2.45, 2.75) is 13.8 Å². The van der Waals surface area contributed by atoms with Gasteiger partial charge in [0.2, 0.25) is 0 Å². The molecule has 5 rings (SSSR count). The number of carbonyl (C=O) groups excluding carboxylic acids is 1. The Labute approximate surface area is 218 Å². The van der Waals surface area contributed by atoms with Gasteiger partial charge in [0, 0.05) is 40.9 Å². The number of nitrogens with zero attached hydrogens (tertiary/aromatic N) is 4. The quantitative estimate of drug-likeness (QED) is 0.272. The summed E-state index contributed by atoms with van der Waals surface area (Å²) >= 11 is 6.88. The maximum absolute atomic E-state index is 13.2. The molecule has 0 saturated heterocycles. The second-order valence-corrected chi connectivity index (χ2v) is 8.94. The largest absolute Gasteiger partial charge is 0.353 e. The van der Waals surface area contributed by atoms with Gasteiger partial charge in [0.25, 0.3) is 5.91 Å². The van der Waals surface area contributed by atoms with E-state index in [0.717, 1.165) is 33.3 Å². The molecule has 0 spiro atoms. The van der Waals surface area contributed by atoms with Crippen molar-refractivity contribution in [3.05, 3.63) is 107 Å². The van der Waals surface area contributed by atoms with Gasteiger partial charge in [0.1, 0.15) is 17.5 Å². The van der Waals surface area contributed by atoms with Crippen LogP contribution in [-0.4, -0.2) is 20.9 Å². The number of aryl methyl sites for hydroxylation is 2. The van der Waals surface area contributed by atoms with Crippen LogP contribution < -0.4 is 10.6 Å². The first-order chi connectivity index (χ1) is 17.9. The first kappa shape index (κ1) is 23.9. The average molecular weight is 505 g/mol. The lowest BCUT2D eigenvalue weighted by Crippen LogP contribution is -2.15. The second kappa shape index (κ2) is 10.1. The minimum Gasteiger partial charge on any atom is -0.353 e. The third kappa shape index (κ3) is 4.96. The number of amides is 1. The lowest BCUT2D eigenvalue weighted by atomic mass is 10.0. The summed E-state index contributed by atoms with van der Waals surface area (Å²) in [5.41, 5.74) is 6.92. The zero-order valence-electron chi connectivity index (χ0n) is 20.1. The summed E-state index contributed by atoms with van der Waals surface area (Å²) in [6, 6.07) is 20.7. The Bertz CT molecular complexity index is 1680. The van der Waals surface area contributed by atoms with Crippen LogP contribution in [0, 0.1) is 25.2 Å². The van der Waals surface area contributed by atoms with Gasteiger partial charge >= 0.3 is 0 Å². The van der Waals surface area contributed by atoms with E-state index in [1.165, 1.54) is 0 Å². The Balaban J connectivity index is 1.66. The van der Waals surface area contributed by atoms with Gasteiger partial charge in [-0.1, -0.05) is 29.8 Å². The molecule has 3 aromatic heterocycles. The molecule has 0 saturated carbocycles. The summed E-state index contributed by atoms with van der Waals surface area (Å²) in [6.07, 6.45) is 4.85. The highest BCUT2D eigenvalue weighted by atomic mass is 35.5. The van der Waals surface area contributed by atoms with Gasteiger partial charge in [-0.25, -0.2) is 9.97 Å². The number of anilines is 3. The number of pyridine rings is 3. The number of nitriles is 1. The topological polar surface area (TPSA) is 104 Å². The molecule has 0 aliphatic heterocycles. The minimum atomic E-state index is -0.428. The molecule has 0 atom stereocenters. The number of hydrogen-bond donors (Lipinski definition) is 2. The van der Waals surface area contributed by atoms with Crippen molar-refractivity contribution in [3.8, 4) is 17.2 Å². The lowest BCUT2D eigenvalue weighted by molar-refractivity contribution is 0.102. The van der Waals surface area contributed by atoms with Crippen molar-refractivity contribution < 1.29 is 4.79 Å². The first-order valence-electron chi connectivity index (χ1n) is 11.5. The van der Waals surface area contributed by atoms with Crippen LogP contribution in [0.5, 0.6) is 0 Å². The summed E-state index contributed by atoms with van der Waals surface area (Å²) < 4.78 is 0. The number of rotatable bonds is 5. The lowest BCUT2D eigenvalue weighted by Gasteiger charge is -2.17. The number of halogens is 1. The molecule has 180 valence electrons. The maximum atomic E-state index is 13.2. The molecule has 0 radical (unpaired) electrons. The zero-order chi connectivity index (χ0) is 25.9. The maximum Gasteiger partial charge on any atom is 0.275 e. The van der Waals surface area contributed by atoms with Gasteiger partial charge < -0.3 is 10.6 Å². The highest BCUT2D eigenvalue weighted by Crippen LogP contribution is 2.38. The Morgan fingerprint density at radius 2 is 1.76 bits per heavy atom. The Hall–Kier alpha value is -4.80. The first-order valence-corrected chi connectivity index (χ1v) is 11.9. The van der Waals surface area contributed by atoms with Gasteiger partial charge in [0.15, 0.2) is 0 Å². The van der Waals surface area contributed by atoms with Gasteiger partial charge in [-0.05, 0) is 73.0 Å². The fourth-order valence-electron chi connectivity index (χ4n) is 3.95. The van der Waals surface area contributed by atoms with Gasteiger partial charge in [-0.3, -0.25) is 9.78 Å². The van der Waals surface area contributed by atoms with Crippen LogP contribution in [0.25, 0.3) is 22.0 Å². The summed E-state index contributed by atoms with van der Waals surface area (Å²) in [7, 11) is 0. The fraction of sp³-hybridized carbons (Fsp3) is 0.0690. The predicted molar refractivity (Wildman–Crippen MR) is 146 cm³/mol. The van der Waals surface area contributed by atoms with Crippen LogP contribution in [0.15, 0.2) is 79.3 Å².